The number of anilines is 1. The van der Waals surface area contributed by atoms with Crippen LogP contribution in [0.2, 0.25) is 0 Å². The first-order valence-corrected chi connectivity index (χ1v) is 7.86. The molecule has 0 aliphatic rings. The number of hydrogen-bond acceptors (Lipinski definition) is 5. The van der Waals surface area contributed by atoms with E-state index in [1.165, 1.54) is 18.4 Å². The summed E-state index contributed by atoms with van der Waals surface area (Å²) >= 11 is 0. The van der Waals surface area contributed by atoms with Gasteiger partial charge in [0.25, 0.3) is 0 Å². The number of nitrogens with two attached hydrogens (primary N) is 1. The van der Waals surface area contributed by atoms with Gasteiger partial charge in [0.05, 0.1) is 12.0 Å². The van der Waals surface area contributed by atoms with Crippen LogP contribution in [0.15, 0.2) is 47.1 Å². The lowest BCUT2D eigenvalue weighted by molar-refractivity contribution is -0.192. The Kier molecular flexibility index (Phi) is 6.23. The van der Waals surface area contributed by atoms with E-state index in [1.807, 2.05) is 6.92 Å². The van der Waals surface area contributed by atoms with Crippen molar-refractivity contribution in [1.29, 1.82) is 5.26 Å². The number of nitrogen functional groups attached to an aromatic ring is 1. The van der Waals surface area contributed by atoms with Crippen LogP contribution < -0.4 is 5.73 Å². The fraction of sp³-hybridized carbons (Fsp3) is 0.105. The molecule has 6 nitrogen and oxygen atoms in total. The Labute approximate surface area is 161 Å². The summed E-state index contributed by atoms with van der Waals surface area (Å²) in [6.07, 6.45) is -3.55. The van der Waals surface area contributed by atoms with Crippen molar-refractivity contribution in [2.45, 2.75) is 13.1 Å². The molecule has 3 aromatic rings. The zero-order chi connectivity index (χ0) is 21.8. The molecule has 0 aliphatic carbocycles. The zero-order valence-electron chi connectivity index (χ0n) is 14.8. The molecule has 0 amide bonds. The average molecular weight is 407 g/mol. The summed E-state index contributed by atoms with van der Waals surface area (Å²) in [5.41, 5.74) is 8.89. The first-order valence-electron chi connectivity index (χ1n) is 7.86. The fourth-order valence-corrected chi connectivity index (χ4v) is 2.42. The first kappa shape index (κ1) is 21.4. The minimum Gasteiger partial charge on any atom is -0.475 e. The normalized spacial score (nSPS) is 10.6. The maximum atomic E-state index is 13.1. The molecule has 0 unspecified atom stereocenters. The second kappa shape index (κ2) is 8.43. The van der Waals surface area contributed by atoms with Gasteiger partial charge in [0.1, 0.15) is 29.0 Å². The van der Waals surface area contributed by atoms with Crippen LogP contribution in [0, 0.1) is 24.1 Å². The Hall–Kier alpha value is -3.87. The highest BCUT2D eigenvalue weighted by atomic mass is 19.4. The second-order valence-electron chi connectivity index (χ2n) is 5.62. The molecule has 0 saturated heterocycles. The smallest absolute Gasteiger partial charge is 0.475 e. The number of rotatable bonds is 2. The minimum atomic E-state index is -5.08. The van der Waals surface area contributed by atoms with Gasteiger partial charge >= 0.3 is 12.1 Å². The van der Waals surface area contributed by atoms with E-state index in [-0.39, 0.29) is 17.2 Å². The molecule has 10 heteroatoms. The summed E-state index contributed by atoms with van der Waals surface area (Å²) < 4.78 is 50.2. The molecular formula is C19H13F4N3O3. The maximum absolute atomic E-state index is 13.1. The number of nitriles is 1. The summed E-state index contributed by atoms with van der Waals surface area (Å²) in [5, 5.41) is 16.5. The van der Waals surface area contributed by atoms with E-state index in [0.29, 0.717) is 17.0 Å². The molecule has 2 aromatic heterocycles. The van der Waals surface area contributed by atoms with Gasteiger partial charge in [-0.05, 0) is 48.9 Å². The number of pyridine rings is 1. The molecule has 0 fully saturated rings. The van der Waals surface area contributed by atoms with E-state index in [2.05, 4.69) is 11.1 Å². The molecule has 0 saturated carbocycles. The van der Waals surface area contributed by atoms with E-state index in [9.17, 15) is 22.8 Å². The molecule has 0 atom stereocenters. The molecule has 1 aromatic carbocycles. The SMILES string of the molecule is Cc1c(-c2ccc(F)cc2)nc(N)c(C#N)c1-c1ccco1.O=C(O)C(F)(F)F. The number of nitrogens with zero attached hydrogens (tertiary/aromatic N) is 2. The number of carboxylic acid groups (broad SMARTS) is 1. The highest BCUT2D eigenvalue weighted by Crippen LogP contribution is 2.35. The molecular weight excluding hydrogens is 394 g/mol. The van der Waals surface area contributed by atoms with E-state index in [0.717, 1.165) is 11.1 Å². The lowest BCUT2D eigenvalue weighted by Gasteiger charge is -2.13. The second-order valence-corrected chi connectivity index (χ2v) is 5.62. The van der Waals surface area contributed by atoms with Crippen molar-refractivity contribution in [3.63, 3.8) is 0 Å². The third kappa shape index (κ3) is 4.90. The van der Waals surface area contributed by atoms with Crippen molar-refractivity contribution in [1.82, 2.24) is 4.98 Å². The summed E-state index contributed by atoms with van der Waals surface area (Å²) in [4.78, 5) is 13.2. The van der Waals surface area contributed by atoms with Crippen LogP contribution in [-0.4, -0.2) is 22.2 Å². The number of alkyl halides is 3. The number of carbonyl (C=O) groups is 1. The molecule has 3 rings (SSSR count). The quantitative estimate of drug-likeness (QED) is 0.603. The number of aromatic nitrogens is 1. The highest BCUT2D eigenvalue weighted by Gasteiger charge is 2.38. The number of aliphatic carboxylic acids is 1. The van der Waals surface area contributed by atoms with Crippen LogP contribution >= 0.6 is 0 Å². The van der Waals surface area contributed by atoms with Crippen LogP contribution in [0.4, 0.5) is 23.4 Å². The standard InChI is InChI=1S/C17H12FN3O.C2HF3O2/c1-10-15(14-3-2-8-22-14)13(9-19)17(20)21-16(10)11-4-6-12(18)7-5-11;3-2(4,5)1(6)7/h2-8H,1H3,(H2,20,21);(H,6,7). The van der Waals surface area contributed by atoms with Gasteiger partial charge in [-0.2, -0.15) is 18.4 Å². The van der Waals surface area contributed by atoms with Gasteiger partial charge in [-0.15, -0.1) is 0 Å². The Morgan fingerprint density at radius 2 is 1.83 bits per heavy atom. The predicted molar refractivity (Wildman–Crippen MR) is 94.9 cm³/mol. The number of carboxylic acids is 1. The van der Waals surface area contributed by atoms with Gasteiger partial charge in [-0.3, -0.25) is 0 Å². The summed E-state index contributed by atoms with van der Waals surface area (Å²) in [6.45, 7) is 1.84. The molecule has 0 radical (unpaired) electrons. The third-order valence-electron chi connectivity index (χ3n) is 3.71. The minimum absolute atomic E-state index is 0.124. The van der Waals surface area contributed by atoms with E-state index >= 15 is 0 Å². The van der Waals surface area contributed by atoms with E-state index in [4.69, 9.17) is 20.1 Å². The molecule has 0 aliphatic heterocycles. The molecule has 150 valence electrons. The molecule has 29 heavy (non-hydrogen) atoms. The van der Waals surface area contributed by atoms with Crippen molar-refractivity contribution in [2.75, 3.05) is 5.73 Å². The topological polar surface area (TPSA) is 113 Å². The van der Waals surface area contributed by atoms with Gasteiger partial charge in [-0.25, -0.2) is 14.2 Å². The lowest BCUT2D eigenvalue weighted by atomic mass is 9.96. The van der Waals surface area contributed by atoms with Crippen LogP contribution in [0.1, 0.15) is 11.1 Å². The van der Waals surface area contributed by atoms with E-state index in [1.54, 1.807) is 24.3 Å². The monoisotopic (exact) mass is 407 g/mol. The third-order valence-corrected chi connectivity index (χ3v) is 3.71. The first-order chi connectivity index (χ1) is 13.6. The Morgan fingerprint density at radius 3 is 2.28 bits per heavy atom. The number of furan rings is 1. The van der Waals surface area contributed by atoms with Crippen molar-refractivity contribution < 1.29 is 31.9 Å². The molecule has 0 bridgehead atoms. The number of halogens is 4. The highest BCUT2D eigenvalue weighted by molar-refractivity contribution is 5.82. The Morgan fingerprint density at radius 1 is 1.24 bits per heavy atom. The van der Waals surface area contributed by atoms with Crippen LogP contribution in [0.5, 0.6) is 0 Å². The van der Waals surface area contributed by atoms with Gasteiger partial charge in [0.2, 0.25) is 0 Å². The van der Waals surface area contributed by atoms with E-state index < -0.39 is 12.1 Å². The van der Waals surface area contributed by atoms with Gasteiger partial charge in [0, 0.05) is 11.1 Å². The Balaban J connectivity index is 0.000000370. The van der Waals surface area contributed by atoms with Gasteiger partial charge in [-0.1, -0.05) is 0 Å². The van der Waals surface area contributed by atoms with Crippen LogP contribution in [0.3, 0.4) is 0 Å². The van der Waals surface area contributed by atoms with Crippen molar-refractivity contribution in [3.05, 3.63) is 59.6 Å². The summed E-state index contributed by atoms with van der Waals surface area (Å²) in [6, 6.07) is 11.5. The summed E-state index contributed by atoms with van der Waals surface area (Å²) in [7, 11) is 0. The fourth-order valence-electron chi connectivity index (χ4n) is 2.42. The van der Waals surface area contributed by atoms with Crippen molar-refractivity contribution in [2.24, 2.45) is 0 Å². The maximum Gasteiger partial charge on any atom is 0.490 e. The predicted octanol–water partition coefficient (Wildman–Crippen LogP) is 4.54. The number of hydrogen-bond donors (Lipinski definition) is 2. The Bertz CT molecular complexity index is 1050. The molecule has 0 spiro atoms. The van der Waals surface area contributed by atoms with Crippen LogP contribution in [0.25, 0.3) is 22.6 Å². The number of benzene rings is 1. The zero-order valence-corrected chi connectivity index (χ0v) is 14.8. The lowest BCUT2D eigenvalue weighted by Crippen LogP contribution is -2.21. The van der Waals surface area contributed by atoms with Crippen molar-refractivity contribution >= 4 is 11.8 Å². The molecule has 3 N–H and O–H groups in total. The summed E-state index contributed by atoms with van der Waals surface area (Å²) in [5.74, 6) is -2.41. The van der Waals surface area contributed by atoms with Crippen molar-refractivity contribution in [3.8, 4) is 28.7 Å². The molecule has 2 heterocycles. The van der Waals surface area contributed by atoms with Crippen LogP contribution in [-0.2, 0) is 4.79 Å². The average Bonchev–Trinajstić information content (AvgIpc) is 3.17. The largest absolute Gasteiger partial charge is 0.490 e. The van der Waals surface area contributed by atoms with Gasteiger partial charge in [0.15, 0.2) is 0 Å². The van der Waals surface area contributed by atoms with Gasteiger partial charge < -0.3 is 15.3 Å².